The minimum atomic E-state index is -0.596. The van der Waals surface area contributed by atoms with Crippen LogP contribution in [0.2, 0.25) is 0 Å². The number of nitrogens with one attached hydrogen (secondary N) is 1. The summed E-state index contributed by atoms with van der Waals surface area (Å²) in [7, 11) is 0. The molecular weight excluding hydrogens is 232 g/mol. The van der Waals surface area contributed by atoms with E-state index in [1.807, 2.05) is 26.8 Å². The van der Waals surface area contributed by atoms with Crippen LogP contribution in [-0.2, 0) is 10.3 Å². The lowest BCUT2D eigenvalue weighted by Crippen LogP contribution is -2.23. The van der Waals surface area contributed by atoms with Crippen LogP contribution in [-0.4, -0.2) is 21.7 Å². The quantitative estimate of drug-likeness (QED) is 0.893. The molecule has 0 spiro atoms. The van der Waals surface area contributed by atoms with E-state index in [0.717, 1.165) is 0 Å². The summed E-state index contributed by atoms with van der Waals surface area (Å²) in [6.07, 6.45) is 0. The molecule has 0 unspecified atom stereocenters. The Morgan fingerprint density at radius 3 is 2.89 bits per heavy atom. The molecule has 0 saturated heterocycles. The van der Waals surface area contributed by atoms with Crippen molar-refractivity contribution in [3.63, 3.8) is 0 Å². The van der Waals surface area contributed by atoms with Crippen LogP contribution in [0.1, 0.15) is 32.3 Å². The van der Waals surface area contributed by atoms with Crippen molar-refractivity contribution in [1.82, 2.24) is 15.1 Å². The highest BCUT2D eigenvalue weighted by atomic mass is 16.5. The maximum atomic E-state index is 8.73. The van der Waals surface area contributed by atoms with Gasteiger partial charge in [-0.3, -0.25) is 0 Å². The fourth-order valence-corrected chi connectivity index (χ4v) is 1.59. The van der Waals surface area contributed by atoms with Crippen LogP contribution in [0.15, 0.2) is 16.7 Å². The number of aromatic amines is 1. The molecule has 0 bridgehead atoms. The Morgan fingerprint density at radius 1 is 1.50 bits per heavy atom. The Morgan fingerprint density at radius 2 is 2.28 bits per heavy atom. The molecule has 2 heterocycles. The summed E-state index contributed by atoms with van der Waals surface area (Å²) in [5, 5.41) is 12.6. The molecular formula is C12H14N4O2. The first-order chi connectivity index (χ1) is 8.56. The van der Waals surface area contributed by atoms with Crippen LogP contribution in [0.5, 0.6) is 0 Å². The third kappa shape index (κ3) is 2.26. The number of nitriles is 1. The predicted molar refractivity (Wildman–Crippen MR) is 63.5 cm³/mol. The Kier molecular flexibility index (Phi) is 3.17. The van der Waals surface area contributed by atoms with Gasteiger partial charge in [-0.25, -0.2) is 0 Å². The number of hydrogen-bond acceptors (Lipinski definition) is 5. The molecule has 0 aliphatic heterocycles. The maximum Gasteiger partial charge on any atom is 0.274 e. The normalized spacial score (nSPS) is 11.4. The van der Waals surface area contributed by atoms with Crippen LogP contribution >= 0.6 is 0 Å². The van der Waals surface area contributed by atoms with Crippen LogP contribution < -0.4 is 0 Å². The fourth-order valence-electron chi connectivity index (χ4n) is 1.59. The summed E-state index contributed by atoms with van der Waals surface area (Å²) in [6, 6.07) is 5.39. The lowest BCUT2D eigenvalue weighted by atomic mass is 10.1. The van der Waals surface area contributed by atoms with Crippen molar-refractivity contribution in [2.24, 2.45) is 0 Å². The zero-order valence-electron chi connectivity index (χ0n) is 10.5. The van der Waals surface area contributed by atoms with Crippen molar-refractivity contribution in [1.29, 1.82) is 5.26 Å². The van der Waals surface area contributed by atoms with Gasteiger partial charge in [0.25, 0.3) is 5.89 Å². The molecule has 0 aromatic carbocycles. The number of hydrogen-bond donors (Lipinski definition) is 1. The molecule has 2 aromatic heterocycles. The number of ether oxygens (including phenoxy) is 1. The van der Waals surface area contributed by atoms with Gasteiger partial charge in [-0.2, -0.15) is 10.2 Å². The summed E-state index contributed by atoms with van der Waals surface area (Å²) in [6.45, 7) is 6.23. The summed E-state index contributed by atoms with van der Waals surface area (Å²) in [5.41, 5.74) is 0.479. The molecule has 2 aromatic rings. The topological polar surface area (TPSA) is 87.7 Å². The van der Waals surface area contributed by atoms with E-state index in [1.165, 1.54) is 0 Å². The zero-order chi connectivity index (χ0) is 13.2. The molecule has 6 nitrogen and oxygen atoms in total. The third-order valence-corrected chi connectivity index (χ3v) is 2.51. The van der Waals surface area contributed by atoms with Gasteiger partial charge in [0.15, 0.2) is 0 Å². The first kappa shape index (κ1) is 12.3. The molecule has 0 radical (unpaired) electrons. The van der Waals surface area contributed by atoms with Gasteiger partial charge < -0.3 is 14.2 Å². The van der Waals surface area contributed by atoms with E-state index in [9.17, 15) is 0 Å². The Hall–Kier alpha value is -2.13. The lowest BCUT2D eigenvalue weighted by molar-refractivity contribution is -0.0221. The third-order valence-electron chi connectivity index (χ3n) is 2.51. The standard InChI is InChI=1S/C12H14N4O2/c1-4-17-12(2,3)11-15-10(18-16-11)9-6-5-8(7-13)14-9/h5-6,14H,4H2,1-3H3. The van der Waals surface area contributed by atoms with Gasteiger partial charge in [0, 0.05) is 6.61 Å². The maximum absolute atomic E-state index is 8.73. The van der Waals surface area contributed by atoms with Gasteiger partial charge in [-0.1, -0.05) is 5.16 Å². The van der Waals surface area contributed by atoms with Gasteiger partial charge in [0.2, 0.25) is 5.82 Å². The summed E-state index contributed by atoms with van der Waals surface area (Å²) in [5.74, 6) is 0.826. The number of H-pyrrole nitrogens is 1. The minimum Gasteiger partial charge on any atom is -0.368 e. The lowest BCUT2D eigenvalue weighted by Gasteiger charge is -2.19. The van der Waals surface area contributed by atoms with Gasteiger partial charge >= 0.3 is 0 Å². The number of rotatable bonds is 4. The van der Waals surface area contributed by atoms with Crippen LogP contribution in [0.25, 0.3) is 11.6 Å². The van der Waals surface area contributed by atoms with E-state index in [2.05, 4.69) is 15.1 Å². The van der Waals surface area contributed by atoms with Crippen LogP contribution in [0, 0.1) is 11.3 Å². The second-order valence-electron chi connectivity index (χ2n) is 4.26. The van der Waals surface area contributed by atoms with Crippen LogP contribution in [0.4, 0.5) is 0 Å². The summed E-state index contributed by atoms with van der Waals surface area (Å²) < 4.78 is 10.7. The minimum absolute atomic E-state index is 0.347. The molecule has 0 aliphatic rings. The van der Waals surface area contributed by atoms with Gasteiger partial charge in [-0.15, -0.1) is 0 Å². The highest BCUT2D eigenvalue weighted by Gasteiger charge is 2.27. The van der Waals surface area contributed by atoms with E-state index >= 15 is 0 Å². The molecule has 0 saturated carbocycles. The number of nitrogens with zero attached hydrogens (tertiary/aromatic N) is 3. The monoisotopic (exact) mass is 246 g/mol. The van der Waals surface area contributed by atoms with Crippen molar-refractivity contribution in [3.05, 3.63) is 23.7 Å². The van der Waals surface area contributed by atoms with E-state index < -0.39 is 5.60 Å². The molecule has 6 heteroatoms. The van der Waals surface area contributed by atoms with E-state index in [1.54, 1.807) is 12.1 Å². The van der Waals surface area contributed by atoms with Crippen molar-refractivity contribution in [2.75, 3.05) is 6.61 Å². The van der Waals surface area contributed by atoms with E-state index in [4.69, 9.17) is 14.5 Å². The molecule has 0 amide bonds. The smallest absolute Gasteiger partial charge is 0.274 e. The van der Waals surface area contributed by atoms with E-state index in [0.29, 0.717) is 29.7 Å². The summed E-state index contributed by atoms with van der Waals surface area (Å²) in [4.78, 5) is 7.15. The van der Waals surface area contributed by atoms with Crippen LogP contribution in [0.3, 0.4) is 0 Å². The van der Waals surface area contributed by atoms with E-state index in [-0.39, 0.29) is 0 Å². The van der Waals surface area contributed by atoms with Gasteiger partial charge in [0.1, 0.15) is 23.1 Å². The molecule has 18 heavy (non-hydrogen) atoms. The molecule has 0 fully saturated rings. The first-order valence-corrected chi connectivity index (χ1v) is 5.64. The molecule has 1 N–H and O–H groups in total. The zero-order valence-corrected chi connectivity index (χ0v) is 10.5. The summed E-state index contributed by atoms with van der Waals surface area (Å²) >= 11 is 0. The largest absolute Gasteiger partial charge is 0.368 e. The fraction of sp³-hybridized carbons (Fsp3) is 0.417. The average Bonchev–Trinajstić information content (AvgIpc) is 2.98. The number of aromatic nitrogens is 3. The van der Waals surface area contributed by atoms with Gasteiger partial charge in [-0.05, 0) is 32.9 Å². The molecule has 0 aliphatic carbocycles. The first-order valence-electron chi connectivity index (χ1n) is 5.64. The molecule has 94 valence electrons. The Balaban J connectivity index is 2.28. The van der Waals surface area contributed by atoms with Crippen molar-refractivity contribution in [3.8, 4) is 17.7 Å². The Labute approximate surface area is 105 Å². The van der Waals surface area contributed by atoms with Crippen molar-refractivity contribution >= 4 is 0 Å². The van der Waals surface area contributed by atoms with Crippen molar-refractivity contribution < 1.29 is 9.26 Å². The Bertz CT molecular complexity index is 577. The molecule has 0 atom stereocenters. The predicted octanol–water partition coefficient (Wildman–Crippen LogP) is 2.21. The SMILES string of the molecule is CCOC(C)(C)c1noc(-c2ccc(C#N)[nH]2)n1. The average molecular weight is 246 g/mol. The highest BCUT2D eigenvalue weighted by Crippen LogP contribution is 2.24. The second-order valence-corrected chi connectivity index (χ2v) is 4.26. The van der Waals surface area contributed by atoms with Crippen molar-refractivity contribution in [2.45, 2.75) is 26.4 Å². The highest BCUT2D eigenvalue weighted by molar-refractivity contribution is 5.49. The van der Waals surface area contributed by atoms with Gasteiger partial charge in [0.05, 0.1) is 0 Å². The molecule has 2 rings (SSSR count). The second kappa shape index (κ2) is 4.63.